The second kappa shape index (κ2) is 9.83. The number of hydrogen-bond acceptors (Lipinski definition) is 7. The number of fused-ring (bicyclic) bond motifs is 2. The third-order valence-corrected chi connectivity index (χ3v) is 6.75. The number of phenolic OH excluding ortho intramolecular Hbond substituents is 1. The van der Waals surface area contributed by atoms with Crippen molar-refractivity contribution in [1.29, 1.82) is 0 Å². The molecule has 10 heteroatoms. The fraction of sp³-hybridized carbons (Fsp3) is 0.179. The maximum absolute atomic E-state index is 13.6. The molecule has 0 saturated heterocycles. The quantitative estimate of drug-likeness (QED) is 0.326. The summed E-state index contributed by atoms with van der Waals surface area (Å²) in [6.07, 6.45) is 1.90. The number of ether oxygens (including phenoxy) is 3. The molecule has 1 aromatic heterocycles. The molecule has 2 amide bonds. The van der Waals surface area contributed by atoms with Crippen LogP contribution in [-0.4, -0.2) is 48.1 Å². The lowest BCUT2D eigenvalue weighted by molar-refractivity contribution is 0.0640. The summed E-state index contributed by atoms with van der Waals surface area (Å²) < 4.78 is 29.8. The first kappa shape index (κ1) is 25.3. The van der Waals surface area contributed by atoms with Crippen LogP contribution in [0.3, 0.4) is 0 Å². The number of phenols is 1. The lowest BCUT2D eigenvalue weighted by Crippen LogP contribution is -2.29. The van der Waals surface area contributed by atoms with Crippen LogP contribution in [0.15, 0.2) is 48.7 Å². The largest absolute Gasteiger partial charge is 0.505 e. The first-order valence-electron chi connectivity index (χ1n) is 11.5. The number of amides is 2. The van der Waals surface area contributed by atoms with E-state index in [0.717, 1.165) is 10.5 Å². The molecule has 38 heavy (non-hydrogen) atoms. The molecule has 0 atom stereocenters. The number of nitrogens with zero attached hydrogens (tertiary/aromatic N) is 2. The van der Waals surface area contributed by atoms with Gasteiger partial charge in [0, 0.05) is 23.2 Å². The number of carbonyl (C=O) groups excluding carboxylic acids is 2. The highest BCUT2D eigenvalue weighted by Crippen LogP contribution is 2.44. The maximum Gasteiger partial charge on any atom is 0.265 e. The Labute approximate surface area is 222 Å². The highest BCUT2D eigenvalue weighted by Gasteiger charge is 2.42. The van der Waals surface area contributed by atoms with Crippen molar-refractivity contribution in [3.05, 3.63) is 87.3 Å². The van der Waals surface area contributed by atoms with Crippen molar-refractivity contribution in [2.75, 3.05) is 21.3 Å². The van der Waals surface area contributed by atoms with Crippen molar-refractivity contribution in [3.63, 3.8) is 0 Å². The molecule has 194 valence electrons. The zero-order valence-electron chi connectivity index (χ0n) is 20.7. The van der Waals surface area contributed by atoms with Crippen LogP contribution < -0.4 is 14.2 Å². The van der Waals surface area contributed by atoms with Gasteiger partial charge in [0.1, 0.15) is 34.1 Å². The average molecular weight is 537 g/mol. The maximum atomic E-state index is 13.6. The van der Waals surface area contributed by atoms with Gasteiger partial charge in [-0.05, 0) is 47.9 Å². The number of aromatic nitrogens is 1. The number of pyridine rings is 1. The van der Waals surface area contributed by atoms with Crippen molar-refractivity contribution in [2.24, 2.45) is 0 Å². The van der Waals surface area contributed by atoms with Crippen molar-refractivity contribution in [1.82, 2.24) is 9.88 Å². The molecule has 1 aliphatic rings. The summed E-state index contributed by atoms with van der Waals surface area (Å²) in [6, 6.07) is 11.2. The van der Waals surface area contributed by atoms with E-state index in [1.807, 2.05) is 0 Å². The van der Waals surface area contributed by atoms with Crippen LogP contribution in [0.5, 0.6) is 23.0 Å². The summed E-state index contributed by atoms with van der Waals surface area (Å²) in [6.45, 7) is -0.0948. The van der Waals surface area contributed by atoms with E-state index in [1.54, 1.807) is 30.3 Å². The fourth-order valence-electron chi connectivity index (χ4n) is 4.62. The highest BCUT2D eigenvalue weighted by molar-refractivity contribution is 6.30. The van der Waals surface area contributed by atoms with Gasteiger partial charge in [0.25, 0.3) is 11.8 Å². The Morgan fingerprint density at radius 3 is 2.39 bits per heavy atom. The van der Waals surface area contributed by atoms with Gasteiger partial charge >= 0.3 is 0 Å². The van der Waals surface area contributed by atoms with E-state index < -0.39 is 23.4 Å². The Hall–Kier alpha value is -4.37. The van der Waals surface area contributed by atoms with Crippen molar-refractivity contribution < 1.29 is 33.3 Å². The number of aromatic hydroxyl groups is 1. The molecule has 3 aromatic carbocycles. The number of benzene rings is 3. The summed E-state index contributed by atoms with van der Waals surface area (Å²) in [4.78, 5) is 32.3. The molecule has 8 nitrogen and oxygen atoms in total. The first-order chi connectivity index (χ1) is 18.3. The summed E-state index contributed by atoms with van der Waals surface area (Å²) in [5.74, 6) is -1.09. The van der Waals surface area contributed by atoms with E-state index in [-0.39, 0.29) is 34.0 Å². The summed E-state index contributed by atoms with van der Waals surface area (Å²) in [7, 11) is 4.38. The van der Waals surface area contributed by atoms with Gasteiger partial charge in [0.15, 0.2) is 5.75 Å². The molecule has 0 spiro atoms. The third kappa shape index (κ3) is 4.14. The molecule has 0 fully saturated rings. The summed E-state index contributed by atoms with van der Waals surface area (Å²) in [5, 5.41) is 11.4. The monoisotopic (exact) mass is 536 g/mol. The molecule has 5 rings (SSSR count). The topological polar surface area (TPSA) is 98.2 Å². The fourth-order valence-corrected chi connectivity index (χ4v) is 4.82. The number of methoxy groups -OCH3 is 3. The smallest absolute Gasteiger partial charge is 0.265 e. The van der Waals surface area contributed by atoms with Crippen LogP contribution in [0.2, 0.25) is 5.02 Å². The zero-order chi connectivity index (χ0) is 27.1. The molecule has 0 bridgehead atoms. The van der Waals surface area contributed by atoms with E-state index in [2.05, 4.69) is 4.98 Å². The zero-order valence-corrected chi connectivity index (χ0v) is 21.4. The van der Waals surface area contributed by atoms with Gasteiger partial charge in [0.05, 0.1) is 38.5 Å². The third-order valence-electron chi connectivity index (χ3n) is 6.46. The molecule has 4 aromatic rings. The van der Waals surface area contributed by atoms with Crippen LogP contribution in [0.25, 0.3) is 10.9 Å². The van der Waals surface area contributed by atoms with Crippen LogP contribution in [-0.2, 0) is 13.0 Å². The molecular formula is C28H22ClFN2O6. The lowest BCUT2D eigenvalue weighted by Gasteiger charge is -2.17. The van der Waals surface area contributed by atoms with Gasteiger partial charge in [-0.2, -0.15) is 0 Å². The number of hydrogen-bond donors (Lipinski definition) is 1. The minimum atomic E-state index is -0.674. The first-order valence-corrected chi connectivity index (χ1v) is 11.9. The highest BCUT2D eigenvalue weighted by atomic mass is 35.5. The number of imide groups is 1. The average Bonchev–Trinajstić information content (AvgIpc) is 3.16. The number of rotatable bonds is 7. The van der Waals surface area contributed by atoms with Gasteiger partial charge in [-0.1, -0.05) is 17.7 Å². The standard InChI is InChI=1S/C28H22ClFN2O6/c1-36-17-6-5-16(21(11-17)37-2)13-32-27(34)22-23(28(32)35)26(38-3)18-9-15(12-31-24(18)25(22)33)8-14-4-7-20(30)19(29)10-14/h4-7,9-12,33H,8,13H2,1-3H3. The Balaban J connectivity index is 1.57. The van der Waals surface area contributed by atoms with Gasteiger partial charge in [-0.15, -0.1) is 0 Å². The minimum absolute atomic E-state index is 0.00184. The minimum Gasteiger partial charge on any atom is -0.505 e. The predicted octanol–water partition coefficient (Wildman–Crippen LogP) is 5.15. The van der Waals surface area contributed by atoms with Gasteiger partial charge in [0.2, 0.25) is 0 Å². The van der Waals surface area contributed by atoms with Crippen LogP contribution in [0.4, 0.5) is 4.39 Å². The second-order valence-corrected chi connectivity index (χ2v) is 9.08. The van der Waals surface area contributed by atoms with Crippen molar-refractivity contribution in [2.45, 2.75) is 13.0 Å². The summed E-state index contributed by atoms with van der Waals surface area (Å²) >= 11 is 5.91. The summed E-state index contributed by atoms with van der Waals surface area (Å²) in [5.41, 5.74) is 1.93. The number of carbonyl (C=O) groups is 2. The SMILES string of the molecule is COc1ccc(CN2C(=O)c3c(c(O)c4ncc(Cc5ccc(F)c(Cl)c5)cc4c3OC)C2=O)c(OC)c1. The number of halogens is 2. The predicted molar refractivity (Wildman–Crippen MR) is 138 cm³/mol. The van der Waals surface area contributed by atoms with E-state index in [9.17, 15) is 19.1 Å². The van der Waals surface area contributed by atoms with Crippen LogP contribution in [0.1, 0.15) is 37.4 Å². The molecule has 0 saturated carbocycles. The molecule has 2 heterocycles. The van der Waals surface area contributed by atoms with E-state index in [1.165, 1.54) is 39.7 Å². The van der Waals surface area contributed by atoms with Crippen molar-refractivity contribution >= 4 is 34.3 Å². The van der Waals surface area contributed by atoms with E-state index in [0.29, 0.717) is 34.4 Å². The molecule has 1 aliphatic heterocycles. The van der Waals surface area contributed by atoms with Crippen LogP contribution >= 0.6 is 11.6 Å². The van der Waals surface area contributed by atoms with Crippen LogP contribution in [0, 0.1) is 5.82 Å². The molecule has 0 radical (unpaired) electrons. The Morgan fingerprint density at radius 1 is 0.947 bits per heavy atom. The van der Waals surface area contributed by atoms with E-state index in [4.69, 9.17) is 25.8 Å². The Morgan fingerprint density at radius 2 is 1.71 bits per heavy atom. The molecular weight excluding hydrogens is 515 g/mol. The Bertz CT molecular complexity index is 1620. The molecule has 0 aliphatic carbocycles. The van der Waals surface area contributed by atoms with Crippen molar-refractivity contribution in [3.8, 4) is 23.0 Å². The molecule has 0 unspecified atom stereocenters. The van der Waals surface area contributed by atoms with Gasteiger partial charge < -0.3 is 19.3 Å². The van der Waals surface area contributed by atoms with Gasteiger partial charge in [-0.3, -0.25) is 19.5 Å². The lowest BCUT2D eigenvalue weighted by atomic mass is 9.99. The van der Waals surface area contributed by atoms with E-state index >= 15 is 0 Å². The molecule has 1 N–H and O–H groups in total. The Kier molecular flexibility index (Phi) is 6.54. The normalized spacial score (nSPS) is 12.7. The van der Waals surface area contributed by atoms with Gasteiger partial charge in [-0.25, -0.2) is 4.39 Å². The second-order valence-electron chi connectivity index (χ2n) is 8.67.